The van der Waals surface area contributed by atoms with Crippen molar-refractivity contribution < 1.29 is 18.0 Å². The molecule has 3 nitrogen and oxygen atoms in total. The molecule has 0 unspecified atom stereocenters. The number of anilines is 1. The molecule has 0 amide bonds. The van der Waals surface area contributed by atoms with Crippen LogP contribution in [0.5, 0.6) is 0 Å². The Balaban J connectivity index is 3.05. The molecule has 1 aromatic rings. The van der Waals surface area contributed by atoms with Crippen molar-refractivity contribution in [3.8, 4) is 0 Å². The molecule has 0 aliphatic carbocycles. The van der Waals surface area contributed by atoms with Crippen LogP contribution in [0.15, 0.2) is 18.2 Å². The van der Waals surface area contributed by atoms with E-state index in [1.807, 2.05) is 0 Å². The monoisotopic (exact) mass is 232 g/mol. The van der Waals surface area contributed by atoms with Gasteiger partial charge in [0, 0.05) is 17.7 Å². The number of halogens is 3. The van der Waals surface area contributed by atoms with Gasteiger partial charge in [0.25, 0.3) is 0 Å². The van der Waals surface area contributed by atoms with Crippen molar-refractivity contribution in [2.24, 2.45) is 5.73 Å². The van der Waals surface area contributed by atoms with E-state index in [1.165, 1.54) is 0 Å². The van der Waals surface area contributed by atoms with Gasteiger partial charge in [-0.1, -0.05) is 0 Å². The van der Waals surface area contributed by atoms with Crippen LogP contribution in [0.1, 0.15) is 22.3 Å². The zero-order valence-electron chi connectivity index (χ0n) is 8.34. The van der Waals surface area contributed by atoms with Gasteiger partial charge in [-0.15, -0.1) is 0 Å². The van der Waals surface area contributed by atoms with Gasteiger partial charge in [0.1, 0.15) is 0 Å². The molecule has 88 valence electrons. The van der Waals surface area contributed by atoms with Crippen molar-refractivity contribution >= 4 is 11.5 Å². The van der Waals surface area contributed by atoms with Crippen LogP contribution < -0.4 is 11.5 Å². The lowest BCUT2D eigenvalue weighted by molar-refractivity contribution is -0.137. The minimum Gasteiger partial charge on any atom is -0.398 e. The topological polar surface area (TPSA) is 69.1 Å². The van der Waals surface area contributed by atoms with Gasteiger partial charge in [-0.2, -0.15) is 13.2 Å². The molecule has 0 saturated carbocycles. The summed E-state index contributed by atoms with van der Waals surface area (Å²) in [7, 11) is 0. The van der Waals surface area contributed by atoms with Crippen molar-refractivity contribution in [2.45, 2.75) is 12.6 Å². The van der Waals surface area contributed by atoms with Crippen molar-refractivity contribution in [2.75, 3.05) is 12.3 Å². The number of alkyl halides is 3. The largest absolute Gasteiger partial charge is 0.416 e. The molecule has 0 fully saturated rings. The molecule has 0 spiro atoms. The zero-order valence-corrected chi connectivity index (χ0v) is 8.34. The van der Waals surface area contributed by atoms with Crippen LogP contribution in [-0.2, 0) is 6.18 Å². The Bertz CT molecular complexity index is 402. The fourth-order valence-electron chi connectivity index (χ4n) is 1.26. The number of Topliss-reactive ketones (excluding diaryl/α,β-unsaturated/α-hetero) is 1. The van der Waals surface area contributed by atoms with Gasteiger partial charge < -0.3 is 11.5 Å². The Morgan fingerprint density at radius 3 is 2.38 bits per heavy atom. The second-order valence-corrected chi connectivity index (χ2v) is 3.26. The third kappa shape index (κ3) is 2.73. The van der Waals surface area contributed by atoms with Crippen molar-refractivity contribution in [3.05, 3.63) is 29.3 Å². The molecule has 0 aliphatic heterocycles. The lowest BCUT2D eigenvalue weighted by Gasteiger charge is -2.09. The van der Waals surface area contributed by atoms with Gasteiger partial charge in [-0.05, 0) is 24.7 Å². The smallest absolute Gasteiger partial charge is 0.398 e. The Morgan fingerprint density at radius 1 is 1.31 bits per heavy atom. The highest BCUT2D eigenvalue weighted by Crippen LogP contribution is 2.31. The first kappa shape index (κ1) is 12.5. The molecule has 1 aromatic carbocycles. The Morgan fingerprint density at radius 2 is 1.94 bits per heavy atom. The maximum absolute atomic E-state index is 12.3. The first-order chi connectivity index (χ1) is 7.36. The fourth-order valence-corrected chi connectivity index (χ4v) is 1.26. The second-order valence-electron chi connectivity index (χ2n) is 3.26. The van der Waals surface area contributed by atoms with Crippen LogP contribution in [0.25, 0.3) is 0 Å². The number of hydrogen-bond acceptors (Lipinski definition) is 3. The molecule has 0 bridgehead atoms. The van der Waals surface area contributed by atoms with Gasteiger partial charge in [0.15, 0.2) is 5.78 Å². The molecular weight excluding hydrogens is 221 g/mol. The molecular formula is C10H11F3N2O. The van der Waals surface area contributed by atoms with Gasteiger partial charge in [0.05, 0.1) is 5.56 Å². The summed E-state index contributed by atoms with van der Waals surface area (Å²) in [6, 6.07) is 2.67. The van der Waals surface area contributed by atoms with Gasteiger partial charge >= 0.3 is 6.18 Å². The molecule has 0 aromatic heterocycles. The van der Waals surface area contributed by atoms with E-state index in [4.69, 9.17) is 11.5 Å². The number of benzene rings is 1. The van der Waals surface area contributed by atoms with Crippen molar-refractivity contribution in [1.82, 2.24) is 0 Å². The summed E-state index contributed by atoms with van der Waals surface area (Å²) in [6.45, 7) is 0.138. The molecule has 16 heavy (non-hydrogen) atoms. The SMILES string of the molecule is NCCC(=O)c1ccc(C(F)(F)F)cc1N. The number of nitrogen functional groups attached to an aromatic ring is 1. The minimum absolute atomic E-state index is 0.0650. The second kappa shape index (κ2) is 4.52. The van der Waals surface area contributed by atoms with Crippen molar-refractivity contribution in [1.29, 1.82) is 0 Å². The third-order valence-corrected chi connectivity index (χ3v) is 2.05. The number of carbonyl (C=O) groups excluding carboxylic acids is 1. The normalized spacial score (nSPS) is 11.5. The maximum atomic E-state index is 12.3. The van der Waals surface area contributed by atoms with Crippen LogP contribution in [0.2, 0.25) is 0 Å². The summed E-state index contributed by atoms with van der Waals surface area (Å²) >= 11 is 0. The predicted molar refractivity (Wildman–Crippen MR) is 53.9 cm³/mol. The lowest BCUT2D eigenvalue weighted by atomic mass is 10.0. The van der Waals surface area contributed by atoms with E-state index in [1.54, 1.807) is 0 Å². The van der Waals surface area contributed by atoms with E-state index < -0.39 is 11.7 Å². The first-order valence-corrected chi connectivity index (χ1v) is 4.56. The Hall–Kier alpha value is -1.56. The number of rotatable bonds is 3. The van der Waals surface area contributed by atoms with Crippen LogP contribution in [0.4, 0.5) is 18.9 Å². The number of carbonyl (C=O) groups is 1. The number of hydrogen-bond donors (Lipinski definition) is 2. The highest BCUT2D eigenvalue weighted by Gasteiger charge is 2.31. The van der Waals surface area contributed by atoms with E-state index >= 15 is 0 Å². The summed E-state index contributed by atoms with van der Waals surface area (Å²) in [4.78, 5) is 11.4. The summed E-state index contributed by atoms with van der Waals surface area (Å²) in [5, 5.41) is 0. The van der Waals surface area contributed by atoms with Crippen LogP contribution in [0, 0.1) is 0 Å². The zero-order chi connectivity index (χ0) is 12.3. The molecule has 0 heterocycles. The Kier molecular flexibility index (Phi) is 3.54. The quantitative estimate of drug-likeness (QED) is 0.617. The van der Waals surface area contributed by atoms with Crippen LogP contribution in [-0.4, -0.2) is 12.3 Å². The highest BCUT2D eigenvalue weighted by atomic mass is 19.4. The van der Waals surface area contributed by atoms with Gasteiger partial charge in [-0.3, -0.25) is 4.79 Å². The predicted octanol–water partition coefficient (Wildman–Crippen LogP) is 1.82. The van der Waals surface area contributed by atoms with Crippen LogP contribution in [0.3, 0.4) is 0 Å². The lowest BCUT2D eigenvalue weighted by Crippen LogP contribution is -2.12. The summed E-state index contributed by atoms with van der Waals surface area (Å²) in [6.07, 6.45) is -4.39. The van der Waals surface area contributed by atoms with Crippen molar-refractivity contribution in [3.63, 3.8) is 0 Å². The van der Waals surface area contributed by atoms with E-state index in [9.17, 15) is 18.0 Å². The highest BCUT2D eigenvalue weighted by molar-refractivity contribution is 6.00. The maximum Gasteiger partial charge on any atom is 0.416 e. The molecule has 0 saturated heterocycles. The van der Waals surface area contributed by atoms with Gasteiger partial charge in [-0.25, -0.2) is 0 Å². The summed E-state index contributed by atoms with van der Waals surface area (Å²) < 4.78 is 36.9. The minimum atomic E-state index is -4.45. The average molecular weight is 232 g/mol. The third-order valence-electron chi connectivity index (χ3n) is 2.05. The molecule has 0 aliphatic rings. The van der Waals surface area contributed by atoms with Crippen LogP contribution >= 0.6 is 0 Å². The summed E-state index contributed by atoms with van der Waals surface area (Å²) in [5.41, 5.74) is 9.60. The Labute approximate surface area is 90.2 Å². The van der Waals surface area contributed by atoms with E-state index in [2.05, 4.69) is 0 Å². The van der Waals surface area contributed by atoms with E-state index in [0.717, 1.165) is 18.2 Å². The molecule has 4 N–H and O–H groups in total. The molecule has 0 atom stereocenters. The molecule has 1 rings (SSSR count). The number of nitrogens with two attached hydrogens (primary N) is 2. The van der Waals surface area contributed by atoms with E-state index in [0.29, 0.717) is 0 Å². The average Bonchev–Trinajstić information content (AvgIpc) is 2.16. The molecule has 0 radical (unpaired) electrons. The fraction of sp³-hybridized carbons (Fsp3) is 0.300. The van der Waals surface area contributed by atoms with E-state index in [-0.39, 0.29) is 30.0 Å². The van der Waals surface area contributed by atoms with Gasteiger partial charge in [0.2, 0.25) is 0 Å². The number of ketones is 1. The standard InChI is InChI=1S/C10H11F3N2O/c11-10(12,13)6-1-2-7(8(15)5-6)9(16)3-4-14/h1-2,5H,3-4,14-15H2. The summed E-state index contributed by atoms with van der Waals surface area (Å²) in [5.74, 6) is -0.353. The first-order valence-electron chi connectivity index (χ1n) is 4.56. The molecule has 6 heteroatoms.